The monoisotopic (exact) mass is 421 g/mol. The minimum absolute atomic E-state index is 0.202. The zero-order chi connectivity index (χ0) is 20.9. The SMILES string of the molecule is Cc1ccc(Cn2cc(NC(=O)c3cc(COc4cccc(F)c4)cs3)cn2)cc1. The Kier molecular flexibility index (Phi) is 5.90. The van der Waals surface area contributed by atoms with Crippen molar-refractivity contribution in [3.05, 3.63) is 99.8 Å². The first kappa shape index (κ1) is 19.8. The Morgan fingerprint density at radius 1 is 1.17 bits per heavy atom. The average molecular weight is 421 g/mol. The van der Waals surface area contributed by atoms with Gasteiger partial charge in [-0.25, -0.2) is 4.39 Å². The van der Waals surface area contributed by atoms with Gasteiger partial charge in [-0.1, -0.05) is 35.9 Å². The largest absolute Gasteiger partial charge is 0.489 e. The average Bonchev–Trinajstić information content (AvgIpc) is 3.38. The van der Waals surface area contributed by atoms with Gasteiger partial charge >= 0.3 is 0 Å². The lowest BCUT2D eigenvalue weighted by Crippen LogP contribution is -2.09. The van der Waals surface area contributed by atoms with Crippen LogP contribution in [0, 0.1) is 12.7 Å². The fourth-order valence-corrected chi connectivity index (χ4v) is 3.67. The van der Waals surface area contributed by atoms with E-state index >= 15 is 0 Å². The van der Waals surface area contributed by atoms with Gasteiger partial charge in [0.1, 0.15) is 18.2 Å². The number of nitrogens with one attached hydrogen (secondary N) is 1. The van der Waals surface area contributed by atoms with E-state index in [1.807, 2.05) is 5.38 Å². The first-order valence-corrected chi connectivity index (χ1v) is 10.3. The van der Waals surface area contributed by atoms with Crippen LogP contribution in [0.25, 0.3) is 0 Å². The van der Waals surface area contributed by atoms with E-state index in [0.717, 1.165) is 11.1 Å². The number of hydrogen-bond donors (Lipinski definition) is 1. The minimum atomic E-state index is -0.346. The molecule has 0 saturated heterocycles. The second-order valence-electron chi connectivity index (χ2n) is 6.93. The zero-order valence-electron chi connectivity index (χ0n) is 16.3. The first-order chi connectivity index (χ1) is 14.5. The number of carbonyl (C=O) groups excluding carboxylic acids is 1. The van der Waals surface area contributed by atoms with Crippen LogP contribution in [-0.2, 0) is 13.2 Å². The Bertz CT molecular complexity index is 1150. The molecule has 2 aromatic carbocycles. The van der Waals surface area contributed by atoms with Crippen LogP contribution in [0.15, 0.2) is 72.4 Å². The molecule has 0 bridgehead atoms. The summed E-state index contributed by atoms with van der Waals surface area (Å²) in [5.41, 5.74) is 3.84. The summed E-state index contributed by atoms with van der Waals surface area (Å²) in [4.78, 5) is 13.1. The standard InChI is InChI=1S/C23H20FN3O2S/c1-16-5-7-17(8-6-16)12-27-13-20(11-25-27)26-23(28)22-9-18(15-30-22)14-29-21-4-2-3-19(24)10-21/h2-11,13,15H,12,14H2,1H3,(H,26,28). The highest BCUT2D eigenvalue weighted by molar-refractivity contribution is 7.12. The third-order valence-electron chi connectivity index (χ3n) is 4.44. The van der Waals surface area contributed by atoms with Gasteiger partial charge in [-0.15, -0.1) is 11.3 Å². The highest BCUT2D eigenvalue weighted by Crippen LogP contribution is 2.20. The molecule has 0 saturated carbocycles. The van der Waals surface area contributed by atoms with E-state index in [4.69, 9.17) is 4.74 Å². The van der Waals surface area contributed by atoms with Crippen molar-refractivity contribution in [2.24, 2.45) is 0 Å². The van der Waals surface area contributed by atoms with Crippen molar-refractivity contribution in [3.63, 3.8) is 0 Å². The lowest BCUT2D eigenvalue weighted by atomic mass is 10.1. The molecular formula is C23H20FN3O2S. The molecule has 7 heteroatoms. The van der Waals surface area contributed by atoms with Crippen molar-refractivity contribution >= 4 is 22.9 Å². The van der Waals surface area contributed by atoms with Crippen LogP contribution in [0.3, 0.4) is 0 Å². The van der Waals surface area contributed by atoms with E-state index in [1.54, 1.807) is 35.3 Å². The summed E-state index contributed by atoms with van der Waals surface area (Å²) in [6, 6.07) is 16.0. The number of amides is 1. The van der Waals surface area contributed by atoms with Gasteiger partial charge in [-0.3, -0.25) is 9.48 Å². The van der Waals surface area contributed by atoms with Crippen molar-refractivity contribution in [2.45, 2.75) is 20.1 Å². The van der Waals surface area contributed by atoms with Crippen molar-refractivity contribution < 1.29 is 13.9 Å². The number of nitrogens with zero attached hydrogens (tertiary/aromatic N) is 2. The van der Waals surface area contributed by atoms with Gasteiger partial charge in [0.2, 0.25) is 0 Å². The normalized spacial score (nSPS) is 10.7. The third kappa shape index (κ3) is 5.12. The van der Waals surface area contributed by atoms with Crippen LogP contribution >= 0.6 is 11.3 Å². The third-order valence-corrected chi connectivity index (χ3v) is 5.41. The number of ether oxygens (including phenoxy) is 1. The van der Waals surface area contributed by atoms with E-state index in [1.165, 1.54) is 29.0 Å². The van der Waals surface area contributed by atoms with Crippen LogP contribution in [-0.4, -0.2) is 15.7 Å². The smallest absolute Gasteiger partial charge is 0.265 e. The number of thiophene rings is 1. The van der Waals surface area contributed by atoms with Gasteiger partial charge < -0.3 is 10.1 Å². The maximum Gasteiger partial charge on any atom is 0.265 e. The summed E-state index contributed by atoms with van der Waals surface area (Å²) in [6.07, 6.45) is 3.44. The molecule has 152 valence electrons. The van der Waals surface area contributed by atoms with Gasteiger partial charge in [-0.2, -0.15) is 5.10 Å². The fourth-order valence-electron chi connectivity index (χ4n) is 2.88. The molecule has 0 fully saturated rings. The van der Waals surface area contributed by atoms with Crippen molar-refractivity contribution in [2.75, 3.05) is 5.32 Å². The Morgan fingerprint density at radius 3 is 2.80 bits per heavy atom. The van der Waals surface area contributed by atoms with Crippen LogP contribution in [0.5, 0.6) is 5.75 Å². The Labute approximate surface area is 177 Å². The van der Waals surface area contributed by atoms with Crippen LogP contribution in [0.4, 0.5) is 10.1 Å². The molecule has 0 unspecified atom stereocenters. The van der Waals surface area contributed by atoms with Gasteiger partial charge in [0.05, 0.1) is 23.3 Å². The predicted octanol–water partition coefficient (Wildman–Crippen LogP) is 5.27. The topological polar surface area (TPSA) is 56.2 Å². The molecule has 0 aliphatic carbocycles. The number of aromatic nitrogens is 2. The van der Waals surface area contributed by atoms with Crippen molar-refractivity contribution in [3.8, 4) is 5.75 Å². The van der Waals surface area contributed by atoms with Crippen molar-refractivity contribution in [1.82, 2.24) is 9.78 Å². The predicted molar refractivity (Wildman–Crippen MR) is 116 cm³/mol. The maximum absolute atomic E-state index is 13.2. The summed E-state index contributed by atoms with van der Waals surface area (Å²) in [5.74, 6) is -0.0964. The fraction of sp³-hybridized carbons (Fsp3) is 0.130. The number of aryl methyl sites for hydroxylation is 1. The van der Waals surface area contributed by atoms with Crippen molar-refractivity contribution in [1.29, 1.82) is 0 Å². The number of benzene rings is 2. The number of anilines is 1. The quantitative estimate of drug-likeness (QED) is 0.442. The molecule has 2 aromatic heterocycles. The molecule has 4 aromatic rings. The molecule has 4 rings (SSSR count). The Hall–Kier alpha value is -3.45. The molecule has 30 heavy (non-hydrogen) atoms. The molecule has 1 N–H and O–H groups in total. The lowest BCUT2D eigenvalue weighted by molar-refractivity contribution is 0.103. The summed E-state index contributed by atoms with van der Waals surface area (Å²) in [6.45, 7) is 2.95. The van der Waals surface area contributed by atoms with Crippen LogP contribution in [0.2, 0.25) is 0 Å². The number of hydrogen-bond acceptors (Lipinski definition) is 4. The molecule has 0 radical (unpaired) electrons. The molecule has 0 spiro atoms. The Morgan fingerprint density at radius 2 is 2.00 bits per heavy atom. The second-order valence-corrected chi connectivity index (χ2v) is 7.84. The van der Waals surface area contributed by atoms with E-state index < -0.39 is 0 Å². The summed E-state index contributed by atoms with van der Waals surface area (Å²) >= 11 is 1.33. The van der Waals surface area contributed by atoms with Crippen LogP contribution < -0.4 is 10.1 Å². The molecule has 0 aliphatic rings. The van der Waals surface area contributed by atoms with Crippen LogP contribution in [0.1, 0.15) is 26.4 Å². The number of carbonyl (C=O) groups is 1. The van der Waals surface area contributed by atoms with Gasteiger partial charge in [0.15, 0.2) is 0 Å². The number of halogens is 1. The molecule has 1 amide bonds. The maximum atomic E-state index is 13.2. The zero-order valence-corrected chi connectivity index (χ0v) is 17.2. The highest BCUT2D eigenvalue weighted by atomic mass is 32.1. The molecule has 5 nitrogen and oxygen atoms in total. The molecule has 0 aliphatic heterocycles. The minimum Gasteiger partial charge on any atom is -0.489 e. The summed E-state index contributed by atoms with van der Waals surface area (Å²) in [5, 5.41) is 9.03. The molecular weight excluding hydrogens is 401 g/mol. The van der Waals surface area contributed by atoms with Gasteiger partial charge in [-0.05, 0) is 36.1 Å². The lowest BCUT2D eigenvalue weighted by Gasteiger charge is -2.04. The molecule has 2 heterocycles. The Balaban J connectivity index is 1.33. The summed E-state index contributed by atoms with van der Waals surface area (Å²) in [7, 11) is 0. The van der Waals surface area contributed by atoms with E-state index in [-0.39, 0.29) is 18.3 Å². The first-order valence-electron chi connectivity index (χ1n) is 9.40. The molecule has 0 atom stereocenters. The highest BCUT2D eigenvalue weighted by Gasteiger charge is 2.11. The second kappa shape index (κ2) is 8.92. The van der Waals surface area contributed by atoms with Gasteiger partial charge in [0, 0.05) is 17.8 Å². The van der Waals surface area contributed by atoms with Gasteiger partial charge in [0.25, 0.3) is 5.91 Å². The van der Waals surface area contributed by atoms with E-state index in [0.29, 0.717) is 22.9 Å². The van der Waals surface area contributed by atoms with E-state index in [9.17, 15) is 9.18 Å². The summed E-state index contributed by atoms with van der Waals surface area (Å²) < 4.78 is 20.6. The number of rotatable bonds is 7. The van der Waals surface area contributed by atoms with E-state index in [2.05, 4.69) is 41.6 Å².